The highest BCUT2D eigenvalue weighted by Crippen LogP contribution is 2.31. The number of aromatic nitrogens is 3. The zero-order valence-corrected chi connectivity index (χ0v) is 15.7. The van der Waals surface area contributed by atoms with Crippen molar-refractivity contribution in [1.82, 2.24) is 15.0 Å². The van der Waals surface area contributed by atoms with Crippen LogP contribution in [0.2, 0.25) is 0 Å². The molecule has 6 heteroatoms. The second-order valence-corrected chi connectivity index (χ2v) is 6.84. The van der Waals surface area contributed by atoms with Crippen molar-refractivity contribution in [1.29, 1.82) is 0 Å². The number of anilines is 1. The molecule has 0 radical (unpaired) electrons. The van der Waals surface area contributed by atoms with Crippen LogP contribution in [0, 0.1) is 5.82 Å². The van der Waals surface area contributed by atoms with Gasteiger partial charge in [-0.3, -0.25) is 4.98 Å². The Morgan fingerprint density at radius 2 is 1.89 bits per heavy atom. The molecule has 4 rings (SSSR count). The summed E-state index contributed by atoms with van der Waals surface area (Å²) in [5, 5.41) is 3.97. The number of pyridine rings is 1. The quantitative estimate of drug-likeness (QED) is 0.492. The van der Waals surface area contributed by atoms with E-state index in [-0.39, 0.29) is 5.82 Å². The van der Waals surface area contributed by atoms with Crippen molar-refractivity contribution in [2.24, 2.45) is 0 Å². The zero-order valence-electron chi connectivity index (χ0n) is 14.9. The Morgan fingerprint density at radius 3 is 2.59 bits per heavy atom. The first-order valence-electron chi connectivity index (χ1n) is 8.43. The van der Waals surface area contributed by atoms with Gasteiger partial charge in [0.05, 0.1) is 5.52 Å². The number of nitrogens with zero attached hydrogens (tertiary/aromatic N) is 3. The van der Waals surface area contributed by atoms with Crippen LogP contribution < -0.4 is 5.32 Å². The Morgan fingerprint density at radius 1 is 1.00 bits per heavy atom. The minimum absolute atomic E-state index is 0.236. The highest BCUT2D eigenvalue weighted by molar-refractivity contribution is 7.98. The van der Waals surface area contributed by atoms with Crippen LogP contribution in [-0.2, 0) is 0 Å². The lowest BCUT2D eigenvalue weighted by atomic mass is 10.0. The Balaban J connectivity index is 1.85. The van der Waals surface area contributed by atoms with E-state index in [0.29, 0.717) is 17.2 Å². The van der Waals surface area contributed by atoms with Gasteiger partial charge in [0, 0.05) is 40.8 Å². The highest BCUT2D eigenvalue weighted by atomic mass is 32.2. The average Bonchev–Trinajstić information content (AvgIpc) is 2.73. The summed E-state index contributed by atoms with van der Waals surface area (Å²) in [6.45, 7) is 0. The predicted octanol–water partition coefficient (Wildman–Crippen LogP) is 5.26. The molecule has 27 heavy (non-hydrogen) atoms. The van der Waals surface area contributed by atoms with Crippen LogP contribution in [0.25, 0.3) is 33.4 Å². The molecule has 4 aromatic rings. The maximum absolute atomic E-state index is 14.5. The fraction of sp³-hybridized carbons (Fsp3) is 0.0952. The monoisotopic (exact) mass is 376 g/mol. The van der Waals surface area contributed by atoms with Crippen molar-refractivity contribution in [3.05, 3.63) is 66.7 Å². The Labute approximate surface area is 160 Å². The van der Waals surface area contributed by atoms with E-state index in [4.69, 9.17) is 0 Å². The van der Waals surface area contributed by atoms with Crippen LogP contribution in [0.5, 0.6) is 0 Å². The largest absolute Gasteiger partial charge is 0.373 e. The maximum atomic E-state index is 14.5. The minimum Gasteiger partial charge on any atom is -0.373 e. The number of benzene rings is 2. The van der Waals surface area contributed by atoms with Gasteiger partial charge in [-0.05, 0) is 48.2 Å². The predicted molar refractivity (Wildman–Crippen MR) is 109 cm³/mol. The van der Waals surface area contributed by atoms with Gasteiger partial charge in [0.15, 0.2) is 5.82 Å². The van der Waals surface area contributed by atoms with E-state index in [1.165, 1.54) is 11.8 Å². The number of nitrogens with one attached hydrogen (secondary N) is 1. The number of hydrogen-bond donors (Lipinski definition) is 1. The molecule has 134 valence electrons. The van der Waals surface area contributed by atoms with E-state index in [2.05, 4.69) is 20.3 Å². The summed E-state index contributed by atoms with van der Waals surface area (Å²) in [5.74, 6) is 1.06. The van der Waals surface area contributed by atoms with Crippen molar-refractivity contribution in [3.8, 4) is 22.5 Å². The van der Waals surface area contributed by atoms with E-state index in [1.807, 2.05) is 55.8 Å². The van der Waals surface area contributed by atoms with Crippen molar-refractivity contribution >= 4 is 28.5 Å². The molecule has 0 aliphatic carbocycles. The maximum Gasteiger partial charge on any atom is 0.163 e. The fourth-order valence-electron chi connectivity index (χ4n) is 2.97. The normalized spacial score (nSPS) is 10.9. The van der Waals surface area contributed by atoms with E-state index in [9.17, 15) is 4.39 Å². The van der Waals surface area contributed by atoms with E-state index >= 15 is 0 Å². The summed E-state index contributed by atoms with van der Waals surface area (Å²) in [4.78, 5) is 14.3. The molecule has 0 spiro atoms. The third-order valence-electron chi connectivity index (χ3n) is 4.34. The molecular formula is C21H17FN4S. The molecule has 0 atom stereocenters. The average molecular weight is 376 g/mol. The summed E-state index contributed by atoms with van der Waals surface area (Å²) < 4.78 is 14.5. The SMILES string of the molecule is CNc1nc(-c2cccnc2)nc2ccc(-c3ccc(SC)cc3F)cc12. The molecule has 1 N–H and O–H groups in total. The second-order valence-electron chi connectivity index (χ2n) is 5.97. The molecule has 0 fully saturated rings. The molecule has 0 saturated carbocycles. The molecule has 2 heterocycles. The van der Waals surface area contributed by atoms with Gasteiger partial charge in [-0.15, -0.1) is 11.8 Å². The third-order valence-corrected chi connectivity index (χ3v) is 5.06. The van der Waals surface area contributed by atoms with Gasteiger partial charge in [-0.2, -0.15) is 0 Å². The van der Waals surface area contributed by atoms with Gasteiger partial charge < -0.3 is 5.32 Å². The van der Waals surface area contributed by atoms with Crippen LogP contribution >= 0.6 is 11.8 Å². The zero-order chi connectivity index (χ0) is 18.8. The summed E-state index contributed by atoms with van der Waals surface area (Å²) in [6.07, 6.45) is 5.38. The first-order valence-corrected chi connectivity index (χ1v) is 9.66. The van der Waals surface area contributed by atoms with Crippen LogP contribution in [0.1, 0.15) is 0 Å². The van der Waals surface area contributed by atoms with E-state index in [1.54, 1.807) is 18.5 Å². The molecule has 2 aromatic carbocycles. The molecule has 4 nitrogen and oxygen atoms in total. The van der Waals surface area contributed by atoms with Crippen LogP contribution in [0.4, 0.5) is 10.2 Å². The summed E-state index contributed by atoms with van der Waals surface area (Å²) >= 11 is 1.52. The van der Waals surface area contributed by atoms with Crippen molar-refractivity contribution in [3.63, 3.8) is 0 Å². The van der Waals surface area contributed by atoms with Gasteiger partial charge in [0.2, 0.25) is 0 Å². The first kappa shape index (κ1) is 17.4. The summed E-state index contributed by atoms with van der Waals surface area (Å²) in [6, 6.07) is 14.8. The standard InChI is InChI=1S/C21H17FN4S/c1-23-21-17-10-13(16-7-6-15(27-2)11-18(16)22)5-8-19(17)25-20(26-21)14-4-3-9-24-12-14/h3-12H,1-2H3,(H,23,25,26). The smallest absolute Gasteiger partial charge is 0.163 e. The van der Waals surface area contributed by atoms with Crippen LogP contribution in [-0.4, -0.2) is 28.3 Å². The Kier molecular flexibility index (Phi) is 4.73. The number of rotatable bonds is 4. The van der Waals surface area contributed by atoms with Crippen LogP contribution in [0.15, 0.2) is 65.8 Å². The molecule has 0 unspecified atom stereocenters. The van der Waals surface area contributed by atoms with Gasteiger partial charge in [-0.25, -0.2) is 14.4 Å². The summed E-state index contributed by atoms with van der Waals surface area (Å²) in [7, 11) is 1.81. The number of thioether (sulfide) groups is 1. The Hall–Kier alpha value is -2.99. The van der Waals surface area contributed by atoms with Gasteiger partial charge >= 0.3 is 0 Å². The number of fused-ring (bicyclic) bond motifs is 1. The first-order chi connectivity index (χ1) is 13.2. The lowest BCUT2D eigenvalue weighted by Crippen LogP contribution is -1.99. The van der Waals surface area contributed by atoms with Gasteiger partial charge in [0.1, 0.15) is 11.6 Å². The van der Waals surface area contributed by atoms with Crippen molar-refractivity contribution in [2.75, 3.05) is 18.6 Å². The topological polar surface area (TPSA) is 50.7 Å². The van der Waals surface area contributed by atoms with Crippen LogP contribution in [0.3, 0.4) is 0 Å². The second kappa shape index (κ2) is 7.32. The molecule has 0 bridgehead atoms. The van der Waals surface area contributed by atoms with Gasteiger partial charge in [-0.1, -0.05) is 12.1 Å². The molecule has 0 saturated heterocycles. The van der Waals surface area contributed by atoms with Crippen molar-refractivity contribution in [2.45, 2.75) is 4.90 Å². The minimum atomic E-state index is -0.236. The number of hydrogen-bond acceptors (Lipinski definition) is 5. The fourth-order valence-corrected chi connectivity index (χ4v) is 3.39. The number of halogens is 1. The molecule has 0 aliphatic heterocycles. The molecule has 2 aromatic heterocycles. The van der Waals surface area contributed by atoms with Gasteiger partial charge in [0.25, 0.3) is 0 Å². The third kappa shape index (κ3) is 3.36. The molecule has 0 amide bonds. The Bertz CT molecular complexity index is 1120. The molecule has 0 aliphatic rings. The molecular weight excluding hydrogens is 359 g/mol. The summed E-state index contributed by atoms with van der Waals surface area (Å²) in [5.41, 5.74) is 2.99. The van der Waals surface area contributed by atoms with Crippen molar-refractivity contribution < 1.29 is 4.39 Å². The highest BCUT2D eigenvalue weighted by Gasteiger charge is 2.12. The lowest BCUT2D eigenvalue weighted by molar-refractivity contribution is 0.628. The van der Waals surface area contributed by atoms with E-state index < -0.39 is 0 Å². The lowest BCUT2D eigenvalue weighted by Gasteiger charge is -2.11. The van der Waals surface area contributed by atoms with E-state index in [0.717, 1.165) is 26.9 Å².